The Labute approximate surface area is 131 Å². The van der Waals surface area contributed by atoms with Gasteiger partial charge in [-0.2, -0.15) is 4.98 Å². The Bertz CT molecular complexity index is 618. The standard InChI is InChI=1S/C17H23FN4/c1-12-11-15(21-16(20-12)22-17(2,3)4)19-10-9-13-5-7-14(18)8-6-13/h5-8,11H,9-10H2,1-4H3,(H2,19,20,21,22). The van der Waals surface area contributed by atoms with Crippen LogP contribution in [0.2, 0.25) is 0 Å². The Balaban J connectivity index is 1.96. The smallest absolute Gasteiger partial charge is 0.225 e. The van der Waals surface area contributed by atoms with E-state index in [1.54, 1.807) is 12.1 Å². The van der Waals surface area contributed by atoms with Crippen molar-refractivity contribution in [2.75, 3.05) is 17.2 Å². The lowest BCUT2D eigenvalue weighted by molar-refractivity contribution is 0.625. The zero-order valence-electron chi connectivity index (χ0n) is 13.6. The second kappa shape index (κ2) is 6.73. The Kier molecular flexibility index (Phi) is 4.96. The topological polar surface area (TPSA) is 49.8 Å². The molecule has 1 aromatic heterocycles. The van der Waals surface area contributed by atoms with E-state index < -0.39 is 0 Å². The first-order valence-corrected chi connectivity index (χ1v) is 7.44. The number of rotatable bonds is 5. The molecule has 0 aliphatic carbocycles. The summed E-state index contributed by atoms with van der Waals surface area (Å²) in [4.78, 5) is 8.86. The van der Waals surface area contributed by atoms with Crippen LogP contribution in [0.25, 0.3) is 0 Å². The molecule has 4 nitrogen and oxygen atoms in total. The van der Waals surface area contributed by atoms with Gasteiger partial charge in [0.25, 0.3) is 0 Å². The molecule has 118 valence electrons. The molecule has 22 heavy (non-hydrogen) atoms. The molecule has 0 bridgehead atoms. The van der Waals surface area contributed by atoms with Gasteiger partial charge in [-0.25, -0.2) is 9.37 Å². The minimum atomic E-state index is -0.207. The van der Waals surface area contributed by atoms with E-state index in [4.69, 9.17) is 0 Å². The van der Waals surface area contributed by atoms with Gasteiger partial charge in [0.1, 0.15) is 11.6 Å². The van der Waals surface area contributed by atoms with Gasteiger partial charge in [0, 0.05) is 23.8 Å². The van der Waals surface area contributed by atoms with Crippen LogP contribution in [0, 0.1) is 12.7 Å². The first-order valence-electron chi connectivity index (χ1n) is 7.44. The summed E-state index contributed by atoms with van der Waals surface area (Å²) < 4.78 is 12.9. The maximum absolute atomic E-state index is 12.9. The summed E-state index contributed by atoms with van der Waals surface area (Å²) in [5, 5.41) is 6.56. The number of hydrogen-bond donors (Lipinski definition) is 2. The fourth-order valence-electron chi connectivity index (χ4n) is 2.04. The Morgan fingerprint density at radius 3 is 2.41 bits per heavy atom. The molecule has 0 aliphatic rings. The second-order valence-electron chi connectivity index (χ2n) is 6.40. The molecule has 2 N–H and O–H groups in total. The third-order valence-corrected chi connectivity index (χ3v) is 2.97. The van der Waals surface area contributed by atoms with Crippen LogP contribution in [0.3, 0.4) is 0 Å². The minimum absolute atomic E-state index is 0.0842. The van der Waals surface area contributed by atoms with E-state index in [2.05, 4.69) is 41.4 Å². The number of aromatic nitrogens is 2. The lowest BCUT2D eigenvalue weighted by Gasteiger charge is -2.21. The number of aryl methyl sites for hydroxylation is 1. The zero-order chi connectivity index (χ0) is 16.2. The predicted octanol–water partition coefficient (Wildman–Crippen LogP) is 3.79. The quantitative estimate of drug-likeness (QED) is 0.882. The molecule has 0 atom stereocenters. The van der Waals surface area contributed by atoms with Crippen LogP contribution in [-0.2, 0) is 6.42 Å². The van der Waals surface area contributed by atoms with Crippen LogP contribution in [0.5, 0.6) is 0 Å². The molecule has 0 unspecified atom stereocenters. The van der Waals surface area contributed by atoms with Crippen LogP contribution in [0.4, 0.5) is 16.2 Å². The Hall–Kier alpha value is -2.17. The average Bonchev–Trinajstić information content (AvgIpc) is 2.38. The van der Waals surface area contributed by atoms with Crippen molar-refractivity contribution in [2.24, 2.45) is 0 Å². The number of anilines is 2. The number of nitrogens with zero attached hydrogens (tertiary/aromatic N) is 2. The largest absolute Gasteiger partial charge is 0.370 e. The molecule has 0 fully saturated rings. The zero-order valence-corrected chi connectivity index (χ0v) is 13.6. The van der Waals surface area contributed by atoms with Crippen LogP contribution < -0.4 is 10.6 Å². The van der Waals surface area contributed by atoms with Crippen LogP contribution in [0.1, 0.15) is 32.0 Å². The molecule has 0 saturated heterocycles. The molecule has 0 saturated carbocycles. The van der Waals surface area contributed by atoms with Crippen LogP contribution >= 0.6 is 0 Å². The molecule has 0 aliphatic heterocycles. The van der Waals surface area contributed by atoms with Crippen molar-refractivity contribution in [3.05, 3.63) is 47.4 Å². The van der Waals surface area contributed by atoms with Gasteiger partial charge >= 0.3 is 0 Å². The van der Waals surface area contributed by atoms with Gasteiger partial charge in [0.05, 0.1) is 0 Å². The number of hydrogen-bond acceptors (Lipinski definition) is 4. The summed E-state index contributed by atoms with van der Waals surface area (Å²) in [5.74, 6) is 1.21. The van der Waals surface area contributed by atoms with Crippen LogP contribution in [0.15, 0.2) is 30.3 Å². The molecule has 5 heteroatoms. The Morgan fingerprint density at radius 1 is 1.09 bits per heavy atom. The fourth-order valence-corrected chi connectivity index (χ4v) is 2.04. The molecule has 2 aromatic rings. The normalized spacial score (nSPS) is 11.3. The predicted molar refractivity (Wildman–Crippen MR) is 88.7 cm³/mol. The van der Waals surface area contributed by atoms with E-state index in [9.17, 15) is 4.39 Å². The van der Waals surface area contributed by atoms with Crippen molar-refractivity contribution in [1.82, 2.24) is 9.97 Å². The maximum atomic E-state index is 12.9. The van der Waals surface area contributed by atoms with Gasteiger partial charge in [-0.3, -0.25) is 0 Å². The number of nitrogens with one attached hydrogen (secondary N) is 2. The molecular formula is C17H23FN4. The van der Waals surface area contributed by atoms with Crippen molar-refractivity contribution in [1.29, 1.82) is 0 Å². The molecule has 0 radical (unpaired) electrons. The average molecular weight is 302 g/mol. The first kappa shape index (κ1) is 16.2. The summed E-state index contributed by atoms with van der Waals surface area (Å²) in [6, 6.07) is 8.48. The van der Waals surface area contributed by atoms with E-state index in [1.165, 1.54) is 12.1 Å². The summed E-state index contributed by atoms with van der Waals surface area (Å²) in [6.07, 6.45) is 0.811. The minimum Gasteiger partial charge on any atom is -0.370 e. The third kappa shape index (κ3) is 5.31. The van der Waals surface area contributed by atoms with E-state index in [1.807, 2.05) is 13.0 Å². The van der Waals surface area contributed by atoms with E-state index >= 15 is 0 Å². The fraction of sp³-hybridized carbons (Fsp3) is 0.412. The molecule has 2 rings (SSSR count). The second-order valence-corrected chi connectivity index (χ2v) is 6.40. The molecule has 0 amide bonds. The first-order chi connectivity index (χ1) is 10.3. The highest BCUT2D eigenvalue weighted by molar-refractivity contribution is 5.43. The van der Waals surface area contributed by atoms with Crippen molar-refractivity contribution < 1.29 is 4.39 Å². The molecule has 0 spiro atoms. The van der Waals surface area contributed by atoms with Crippen molar-refractivity contribution >= 4 is 11.8 Å². The molecular weight excluding hydrogens is 279 g/mol. The highest BCUT2D eigenvalue weighted by Gasteiger charge is 2.12. The third-order valence-electron chi connectivity index (χ3n) is 2.97. The summed E-state index contributed by atoms with van der Waals surface area (Å²) in [7, 11) is 0. The van der Waals surface area contributed by atoms with Crippen molar-refractivity contribution in [3.8, 4) is 0 Å². The van der Waals surface area contributed by atoms with E-state index in [0.29, 0.717) is 5.95 Å². The lowest BCUT2D eigenvalue weighted by Crippen LogP contribution is -2.27. The monoisotopic (exact) mass is 302 g/mol. The van der Waals surface area contributed by atoms with Gasteiger partial charge in [-0.1, -0.05) is 12.1 Å². The molecule has 1 heterocycles. The maximum Gasteiger partial charge on any atom is 0.225 e. The van der Waals surface area contributed by atoms with Gasteiger partial charge < -0.3 is 10.6 Å². The van der Waals surface area contributed by atoms with E-state index in [0.717, 1.165) is 30.0 Å². The summed E-state index contributed by atoms with van der Waals surface area (Å²) in [6.45, 7) is 8.89. The van der Waals surface area contributed by atoms with Crippen LogP contribution in [-0.4, -0.2) is 22.1 Å². The Morgan fingerprint density at radius 2 is 1.77 bits per heavy atom. The number of benzene rings is 1. The van der Waals surface area contributed by atoms with Gasteiger partial charge in [0.15, 0.2) is 0 Å². The molecule has 1 aromatic carbocycles. The summed E-state index contributed by atoms with van der Waals surface area (Å²) >= 11 is 0. The van der Waals surface area contributed by atoms with Gasteiger partial charge in [-0.15, -0.1) is 0 Å². The highest BCUT2D eigenvalue weighted by atomic mass is 19.1. The number of halogens is 1. The SMILES string of the molecule is Cc1cc(NCCc2ccc(F)cc2)nc(NC(C)(C)C)n1. The summed E-state index contributed by atoms with van der Waals surface area (Å²) in [5.41, 5.74) is 1.91. The van der Waals surface area contributed by atoms with Gasteiger partial charge in [-0.05, 0) is 51.8 Å². The van der Waals surface area contributed by atoms with Crippen molar-refractivity contribution in [3.63, 3.8) is 0 Å². The lowest BCUT2D eigenvalue weighted by atomic mass is 10.1. The van der Waals surface area contributed by atoms with Gasteiger partial charge in [0.2, 0.25) is 5.95 Å². The van der Waals surface area contributed by atoms with Crippen molar-refractivity contribution in [2.45, 2.75) is 39.7 Å². The highest BCUT2D eigenvalue weighted by Crippen LogP contribution is 2.14. The van der Waals surface area contributed by atoms with E-state index in [-0.39, 0.29) is 11.4 Å².